The second-order valence-electron chi connectivity index (χ2n) is 11.9. The summed E-state index contributed by atoms with van der Waals surface area (Å²) in [7, 11) is 0. The second kappa shape index (κ2) is 16.2. The van der Waals surface area contributed by atoms with E-state index in [9.17, 15) is 4.79 Å². The molecule has 50 heavy (non-hydrogen) atoms. The van der Waals surface area contributed by atoms with E-state index in [1.807, 2.05) is 121 Å². The van der Waals surface area contributed by atoms with Gasteiger partial charge in [-0.1, -0.05) is 114 Å². The average molecular weight is 686 g/mol. The third-order valence-corrected chi connectivity index (χ3v) is 9.00. The van der Waals surface area contributed by atoms with Gasteiger partial charge in [0.25, 0.3) is 5.91 Å². The molecule has 1 aliphatic rings. The maximum absolute atomic E-state index is 14.8. The second-order valence-corrected chi connectivity index (χ2v) is 12.3. The van der Waals surface area contributed by atoms with Crippen LogP contribution in [0.3, 0.4) is 0 Å². The number of ether oxygens (including phenoxy) is 2. The van der Waals surface area contributed by atoms with Crippen molar-refractivity contribution >= 4 is 23.4 Å². The molecule has 1 aliphatic heterocycles. The topological polar surface area (TPSA) is 129 Å². The molecule has 5 aromatic carbocycles. The molecule has 0 bridgehead atoms. The molecule has 252 valence electrons. The van der Waals surface area contributed by atoms with E-state index in [-0.39, 0.29) is 32.0 Å². The van der Waals surface area contributed by atoms with Gasteiger partial charge in [-0.15, -0.1) is 0 Å². The van der Waals surface area contributed by atoms with E-state index < -0.39 is 11.6 Å². The van der Waals surface area contributed by atoms with Crippen molar-refractivity contribution in [2.24, 2.45) is 10.1 Å². The number of halogens is 1. The summed E-state index contributed by atoms with van der Waals surface area (Å²) >= 11 is 6.48. The summed E-state index contributed by atoms with van der Waals surface area (Å²) in [5, 5.41) is 16.6. The fourth-order valence-corrected chi connectivity index (χ4v) is 6.22. The van der Waals surface area contributed by atoms with Crippen LogP contribution in [0.2, 0.25) is 5.02 Å². The monoisotopic (exact) mass is 685 g/mol. The van der Waals surface area contributed by atoms with Gasteiger partial charge in [0, 0.05) is 41.5 Å². The first-order chi connectivity index (χ1) is 24.5. The highest BCUT2D eigenvalue weighted by Gasteiger charge is 2.53. The van der Waals surface area contributed by atoms with Crippen LogP contribution < -0.4 is 10.1 Å². The lowest BCUT2D eigenvalue weighted by Crippen LogP contribution is -2.49. The van der Waals surface area contributed by atoms with Crippen molar-refractivity contribution in [1.82, 2.24) is 5.32 Å². The zero-order valence-electron chi connectivity index (χ0n) is 27.3. The third-order valence-electron chi connectivity index (χ3n) is 8.63. The highest BCUT2D eigenvalue weighted by Crippen LogP contribution is 2.43. The number of hydrogen-bond acceptors (Lipinski definition) is 6. The normalized spacial score (nSPS) is 16.5. The molecule has 6 rings (SSSR count). The molecule has 2 atom stereocenters. The number of hydrogen-bond donors (Lipinski definition) is 2. The van der Waals surface area contributed by atoms with E-state index in [2.05, 4.69) is 15.3 Å². The van der Waals surface area contributed by atoms with E-state index in [1.54, 1.807) is 6.07 Å². The molecule has 0 saturated heterocycles. The molecule has 10 heteroatoms. The summed E-state index contributed by atoms with van der Waals surface area (Å²) in [5.74, 6) is 0.612. The molecular formula is C40H36ClN5O4. The summed E-state index contributed by atoms with van der Waals surface area (Å²) in [6.45, 7) is 0.738. The number of rotatable bonds is 14. The molecule has 0 unspecified atom stereocenters. The predicted octanol–water partition coefficient (Wildman–Crippen LogP) is 8.39. The molecule has 0 fully saturated rings. The first kappa shape index (κ1) is 34.3. The molecule has 0 radical (unpaired) electrons. The van der Waals surface area contributed by atoms with Gasteiger partial charge in [-0.05, 0) is 69.2 Å². The van der Waals surface area contributed by atoms with Gasteiger partial charge >= 0.3 is 0 Å². The van der Waals surface area contributed by atoms with Gasteiger partial charge in [-0.3, -0.25) is 4.79 Å². The van der Waals surface area contributed by atoms with Gasteiger partial charge in [-0.25, -0.2) is 4.99 Å². The number of aliphatic hydroxyl groups is 1. The SMILES string of the molecule is [N-]=[N+]=NCc1ccccc1C[C@@]1(C(=O)NCc2ccccc2Cl)N=C(c2ccc(OCCCO)cc2)O[C@@H]1c1ccc(-c2ccccc2)cc1. The van der Waals surface area contributed by atoms with Crippen LogP contribution in [-0.4, -0.2) is 35.7 Å². The minimum absolute atomic E-state index is 0.0447. The summed E-state index contributed by atoms with van der Waals surface area (Å²) in [6, 6.07) is 40.3. The third kappa shape index (κ3) is 7.82. The summed E-state index contributed by atoms with van der Waals surface area (Å²) in [5.41, 5.74) is 13.5. The van der Waals surface area contributed by atoms with Crippen molar-refractivity contribution in [2.75, 3.05) is 13.2 Å². The maximum Gasteiger partial charge on any atom is 0.252 e. The van der Waals surface area contributed by atoms with E-state index in [4.69, 9.17) is 36.7 Å². The van der Waals surface area contributed by atoms with Gasteiger partial charge in [0.15, 0.2) is 11.6 Å². The standard InChI is InChI=1S/C40H36ClN5O4/c41-36-14-7-6-13-34(36)26-43-39(48)40(25-32-11-4-5-12-33(32)27-44-46-42)37(30-17-15-29(16-18-30)28-9-2-1-3-10-28)50-38(45-40)31-19-21-35(22-20-31)49-24-8-23-47/h1-7,9-22,37,47H,8,23-27H2,(H,43,48)/t37-,40-/m1/s1. The largest absolute Gasteiger partial charge is 0.494 e. The van der Waals surface area contributed by atoms with Gasteiger partial charge < -0.3 is 19.9 Å². The van der Waals surface area contributed by atoms with Crippen LogP contribution in [0.1, 0.15) is 40.3 Å². The molecule has 0 saturated carbocycles. The van der Waals surface area contributed by atoms with Crippen molar-refractivity contribution in [3.05, 3.63) is 171 Å². The number of nitrogens with one attached hydrogen (secondary N) is 1. The highest BCUT2D eigenvalue weighted by molar-refractivity contribution is 6.31. The smallest absolute Gasteiger partial charge is 0.252 e. The van der Waals surface area contributed by atoms with Crippen LogP contribution in [-0.2, 0) is 29.0 Å². The number of nitrogens with zero attached hydrogens (tertiary/aromatic N) is 4. The Morgan fingerprint density at radius 2 is 1.50 bits per heavy atom. The summed E-state index contributed by atoms with van der Waals surface area (Å²) in [6.07, 6.45) is -0.133. The van der Waals surface area contributed by atoms with Gasteiger partial charge in [0.05, 0.1) is 13.2 Å². The zero-order chi connectivity index (χ0) is 34.8. The number of carbonyl (C=O) groups is 1. The molecule has 5 aromatic rings. The van der Waals surface area contributed by atoms with Crippen LogP contribution in [0, 0.1) is 0 Å². The number of carbonyl (C=O) groups excluding carboxylic acids is 1. The maximum atomic E-state index is 14.8. The lowest BCUT2D eigenvalue weighted by Gasteiger charge is -2.31. The molecule has 9 nitrogen and oxygen atoms in total. The van der Waals surface area contributed by atoms with Crippen molar-refractivity contribution in [2.45, 2.75) is 37.6 Å². The Hall–Kier alpha value is -5.60. The summed E-state index contributed by atoms with van der Waals surface area (Å²) in [4.78, 5) is 22.9. The van der Waals surface area contributed by atoms with Crippen molar-refractivity contribution in [3.63, 3.8) is 0 Å². The Labute approximate surface area is 295 Å². The Morgan fingerprint density at radius 3 is 2.20 bits per heavy atom. The van der Waals surface area contributed by atoms with E-state index >= 15 is 0 Å². The molecule has 1 amide bonds. The first-order valence-electron chi connectivity index (χ1n) is 16.4. The van der Waals surface area contributed by atoms with Crippen LogP contribution in [0.4, 0.5) is 0 Å². The predicted molar refractivity (Wildman–Crippen MR) is 195 cm³/mol. The molecule has 0 spiro atoms. The Balaban J connectivity index is 1.44. The number of azide groups is 1. The Morgan fingerprint density at radius 1 is 0.860 bits per heavy atom. The van der Waals surface area contributed by atoms with Gasteiger partial charge in [-0.2, -0.15) is 0 Å². The lowest BCUT2D eigenvalue weighted by molar-refractivity contribution is -0.129. The fraction of sp³-hybridized carbons (Fsp3) is 0.200. The van der Waals surface area contributed by atoms with Crippen LogP contribution in [0.15, 0.2) is 138 Å². The lowest BCUT2D eigenvalue weighted by atomic mass is 9.80. The number of benzene rings is 5. The van der Waals surface area contributed by atoms with Crippen LogP contribution >= 0.6 is 11.6 Å². The van der Waals surface area contributed by atoms with Crippen molar-refractivity contribution < 1.29 is 19.4 Å². The molecule has 1 heterocycles. The fourth-order valence-electron chi connectivity index (χ4n) is 6.02. The van der Waals surface area contributed by atoms with Crippen LogP contribution in [0.25, 0.3) is 21.6 Å². The molecule has 0 aromatic heterocycles. The van der Waals surface area contributed by atoms with Gasteiger partial charge in [0.1, 0.15) is 5.75 Å². The number of amides is 1. The van der Waals surface area contributed by atoms with E-state index in [0.29, 0.717) is 35.3 Å². The average Bonchev–Trinajstić information content (AvgIpc) is 3.55. The number of aliphatic imine (C=N–C) groups is 1. The molecular weight excluding hydrogens is 650 g/mol. The minimum Gasteiger partial charge on any atom is -0.494 e. The summed E-state index contributed by atoms with van der Waals surface area (Å²) < 4.78 is 12.5. The highest BCUT2D eigenvalue weighted by atomic mass is 35.5. The molecule has 2 N–H and O–H groups in total. The Bertz CT molecular complexity index is 2000. The Kier molecular flexibility index (Phi) is 11.1. The van der Waals surface area contributed by atoms with Crippen molar-refractivity contribution in [3.8, 4) is 16.9 Å². The number of aliphatic hydroxyl groups excluding tert-OH is 1. The zero-order valence-corrected chi connectivity index (χ0v) is 28.0. The molecule has 0 aliphatic carbocycles. The first-order valence-corrected chi connectivity index (χ1v) is 16.7. The van der Waals surface area contributed by atoms with Crippen LogP contribution in [0.5, 0.6) is 5.75 Å². The van der Waals surface area contributed by atoms with E-state index in [1.165, 1.54) is 0 Å². The quantitative estimate of drug-likeness (QED) is 0.0526. The van der Waals surface area contributed by atoms with Gasteiger partial charge in [0.2, 0.25) is 5.90 Å². The van der Waals surface area contributed by atoms with E-state index in [0.717, 1.165) is 33.4 Å². The van der Waals surface area contributed by atoms with Crippen molar-refractivity contribution in [1.29, 1.82) is 0 Å². The minimum atomic E-state index is -1.46.